The number of hydrogen-bond acceptors (Lipinski definition) is 3. The van der Waals surface area contributed by atoms with E-state index in [9.17, 15) is 8.42 Å². The Morgan fingerprint density at radius 3 is 1.75 bits per heavy atom. The molecule has 0 aliphatic heterocycles. The average molecular weight is 225 g/mol. The predicted octanol–water partition coefficient (Wildman–Crippen LogP) is 0.812. The molecule has 0 saturated heterocycles. The van der Waals surface area contributed by atoms with Gasteiger partial charge in [0.25, 0.3) is 10.1 Å². The van der Waals surface area contributed by atoms with Crippen LogP contribution >= 0.6 is 0 Å². The van der Waals surface area contributed by atoms with Crippen LogP contribution in [0.4, 0.5) is 0 Å². The van der Waals surface area contributed by atoms with Crippen LogP contribution in [0.15, 0.2) is 35.2 Å². The van der Waals surface area contributed by atoms with E-state index >= 15 is 0 Å². The van der Waals surface area contributed by atoms with Gasteiger partial charge in [0.05, 0.1) is 4.90 Å². The molecular weight excluding hydrogens is 219 g/mol. The second kappa shape index (κ2) is 5.21. The Balaban J connectivity index is 0.000000561. The summed E-state index contributed by atoms with van der Waals surface area (Å²) in [4.78, 5) is -0.0741. The standard InChI is InChI=1S/C6H6O3S.O.V/c7-10(8,9)6-4-2-1-3-5-6;;/h1-5H,(H,7,8,9);;. The van der Waals surface area contributed by atoms with Gasteiger partial charge in [-0.15, -0.1) is 0 Å². The van der Waals surface area contributed by atoms with E-state index in [1.54, 1.807) is 18.2 Å². The maximum absolute atomic E-state index is 10.4. The normalized spacial score (nSPS) is 9.67. The first-order valence-corrected chi connectivity index (χ1v) is 4.82. The minimum atomic E-state index is -4.00. The molecule has 65 valence electrons. The summed E-state index contributed by atoms with van der Waals surface area (Å²) >= 11 is 1.06. The molecular formula is C6H6O4SV. The molecule has 0 fully saturated rings. The third kappa shape index (κ3) is 3.78. The van der Waals surface area contributed by atoms with Gasteiger partial charge in [0.15, 0.2) is 0 Å². The van der Waals surface area contributed by atoms with E-state index < -0.39 is 10.1 Å². The first-order valence-electron chi connectivity index (χ1n) is 2.81. The van der Waals surface area contributed by atoms with E-state index in [1.165, 1.54) is 12.1 Å². The van der Waals surface area contributed by atoms with Crippen LogP contribution in [0.3, 0.4) is 0 Å². The maximum atomic E-state index is 10.4. The van der Waals surface area contributed by atoms with Crippen molar-refractivity contribution in [1.29, 1.82) is 0 Å². The van der Waals surface area contributed by atoms with Crippen molar-refractivity contribution in [3.05, 3.63) is 30.3 Å². The first kappa shape index (κ1) is 11.5. The average Bonchev–Trinajstić information content (AvgIpc) is 2.08. The summed E-state index contributed by atoms with van der Waals surface area (Å²) < 4.78 is 37.4. The molecule has 0 amide bonds. The molecule has 1 rings (SSSR count). The summed E-state index contributed by atoms with van der Waals surface area (Å²) in [5.74, 6) is 0. The van der Waals surface area contributed by atoms with E-state index in [4.69, 9.17) is 8.23 Å². The Kier molecular flexibility index (Phi) is 5.00. The quantitative estimate of drug-likeness (QED) is 0.718. The van der Waals surface area contributed by atoms with Crippen molar-refractivity contribution in [1.82, 2.24) is 0 Å². The van der Waals surface area contributed by atoms with Crippen molar-refractivity contribution < 1.29 is 34.0 Å². The molecule has 1 aromatic rings. The Morgan fingerprint density at radius 2 is 1.50 bits per heavy atom. The van der Waals surface area contributed by atoms with Gasteiger partial charge in [-0.05, 0) is 12.1 Å². The van der Waals surface area contributed by atoms with E-state index in [0.29, 0.717) is 0 Å². The van der Waals surface area contributed by atoms with Gasteiger partial charge in [-0.1, -0.05) is 18.2 Å². The van der Waals surface area contributed by atoms with Crippen molar-refractivity contribution in [3.63, 3.8) is 0 Å². The molecule has 0 aliphatic carbocycles. The van der Waals surface area contributed by atoms with Crippen molar-refractivity contribution in [3.8, 4) is 0 Å². The summed E-state index contributed by atoms with van der Waals surface area (Å²) in [6.07, 6.45) is 0. The first-order chi connectivity index (χ1) is 5.61. The fourth-order valence-electron chi connectivity index (χ4n) is 0.592. The van der Waals surface area contributed by atoms with Gasteiger partial charge in [0.1, 0.15) is 0 Å². The Hall–Kier alpha value is -0.486. The monoisotopic (exact) mass is 225 g/mol. The Labute approximate surface area is 79.6 Å². The molecule has 1 aromatic carbocycles. The van der Waals surface area contributed by atoms with Crippen LogP contribution in [0.25, 0.3) is 0 Å². The predicted molar refractivity (Wildman–Crippen MR) is 36.9 cm³/mol. The van der Waals surface area contributed by atoms with Gasteiger partial charge >= 0.3 is 21.0 Å². The van der Waals surface area contributed by atoms with Crippen LogP contribution in [-0.4, -0.2) is 13.0 Å². The van der Waals surface area contributed by atoms with E-state index in [1.807, 2.05) is 0 Å². The van der Waals surface area contributed by atoms with Crippen LogP contribution in [0, 0.1) is 0 Å². The molecule has 4 nitrogen and oxygen atoms in total. The molecule has 0 aromatic heterocycles. The molecule has 1 N–H and O–H groups in total. The second-order valence-corrected chi connectivity index (χ2v) is 3.21. The summed E-state index contributed by atoms with van der Waals surface area (Å²) in [7, 11) is -4.00. The molecule has 0 spiro atoms. The zero-order valence-electron chi connectivity index (χ0n) is 5.91. The van der Waals surface area contributed by atoms with Gasteiger partial charge in [0.2, 0.25) is 0 Å². The molecule has 0 atom stereocenters. The summed E-state index contributed by atoms with van der Waals surface area (Å²) in [5, 5.41) is 0. The van der Waals surface area contributed by atoms with Gasteiger partial charge in [-0.2, -0.15) is 8.42 Å². The molecule has 0 radical (unpaired) electrons. The Bertz CT molecular complexity index is 321. The van der Waals surface area contributed by atoms with Gasteiger partial charge in [0, 0.05) is 0 Å². The van der Waals surface area contributed by atoms with E-state index in [-0.39, 0.29) is 4.90 Å². The van der Waals surface area contributed by atoms with Crippen LogP contribution in [0.5, 0.6) is 0 Å². The molecule has 12 heavy (non-hydrogen) atoms. The van der Waals surface area contributed by atoms with Crippen LogP contribution in [0.1, 0.15) is 0 Å². The number of rotatable bonds is 1. The van der Waals surface area contributed by atoms with Crippen molar-refractivity contribution in [2.75, 3.05) is 0 Å². The SMILES string of the molecule is O=S(=O)(O)c1ccccc1.[O]=[V]. The zero-order valence-corrected chi connectivity index (χ0v) is 8.13. The zero-order chi connectivity index (χ0) is 9.61. The second-order valence-electron chi connectivity index (χ2n) is 1.79. The summed E-state index contributed by atoms with van der Waals surface area (Å²) in [5.41, 5.74) is 0. The number of benzene rings is 1. The summed E-state index contributed by atoms with van der Waals surface area (Å²) in [6.45, 7) is 0. The van der Waals surface area contributed by atoms with Gasteiger partial charge in [-0.25, -0.2) is 0 Å². The van der Waals surface area contributed by atoms with Gasteiger partial charge < -0.3 is 0 Å². The van der Waals surface area contributed by atoms with Crippen molar-refractivity contribution in [2.24, 2.45) is 0 Å². The third-order valence-corrected chi connectivity index (χ3v) is 1.91. The molecule has 0 heterocycles. The molecule has 0 unspecified atom stereocenters. The molecule has 0 saturated carbocycles. The molecule has 6 heteroatoms. The van der Waals surface area contributed by atoms with Crippen molar-refractivity contribution >= 4 is 10.1 Å². The Morgan fingerprint density at radius 1 is 1.08 bits per heavy atom. The fourth-order valence-corrected chi connectivity index (χ4v) is 1.09. The topological polar surface area (TPSA) is 71.4 Å². The van der Waals surface area contributed by atoms with Crippen LogP contribution < -0.4 is 0 Å². The minimum absolute atomic E-state index is 0.0741. The molecule has 0 bridgehead atoms. The van der Waals surface area contributed by atoms with E-state index in [2.05, 4.69) is 0 Å². The fraction of sp³-hybridized carbons (Fsp3) is 0. The van der Waals surface area contributed by atoms with E-state index in [0.717, 1.165) is 17.4 Å². The van der Waals surface area contributed by atoms with Crippen LogP contribution in [0.2, 0.25) is 0 Å². The summed E-state index contributed by atoms with van der Waals surface area (Å²) in [6, 6.07) is 7.42. The van der Waals surface area contributed by atoms with Crippen LogP contribution in [-0.2, 0) is 31.2 Å². The molecule has 0 aliphatic rings. The third-order valence-electron chi connectivity index (χ3n) is 1.04. The van der Waals surface area contributed by atoms with Crippen molar-refractivity contribution in [2.45, 2.75) is 4.90 Å². The van der Waals surface area contributed by atoms with Gasteiger partial charge in [-0.3, -0.25) is 4.55 Å². The number of hydrogen-bond donors (Lipinski definition) is 1.